The summed E-state index contributed by atoms with van der Waals surface area (Å²) < 4.78 is 1.70. The number of carbonyl (C=O) groups is 1. The SMILES string of the molecule is Cc1ccsc1CN(C)C(=O)CSc1nnnn1-c1cccc(C)c1C. The van der Waals surface area contributed by atoms with E-state index in [9.17, 15) is 4.79 Å². The van der Waals surface area contributed by atoms with Crippen LogP contribution in [0, 0.1) is 20.8 Å². The minimum absolute atomic E-state index is 0.0540. The number of hydrogen-bond donors (Lipinski definition) is 0. The second-order valence-electron chi connectivity index (χ2n) is 6.16. The average molecular weight is 388 g/mol. The summed E-state index contributed by atoms with van der Waals surface area (Å²) in [7, 11) is 1.83. The standard InChI is InChI=1S/C18H21N5OS2/c1-12-6-5-7-15(14(12)3)23-18(19-20-21-23)26-11-17(24)22(4)10-16-13(2)8-9-25-16/h5-9H,10-11H2,1-4H3. The van der Waals surface area contributed by atoms with Gasteiger partial charge in [0.1, 0.15) is 0 Å². The monoisotopic (exact) mass is 387 g/mol. The Bertz CT molecular complexity index is 918. The molecule has 3 aromatic rings. The van der Waals surface area contributed by atoms with E-state index in [2.05, 4.69) is 46.9 Å². The number of thioether (sulfide) groups is 1. The number of carbonyl (C=O) groups excluding carboxylic acids is 1. The largest absolute Gasteiger partial charge is 0.340 e. The lowest BCUT2D eigenvalue weighted by Crippen LogP contribution is -2.27. The molecule has 0 radical (unpaired) electrons. The second kappa shape index (κ2) is 8.01. The third kappa shape index (κ3) is 3.96. The van der Waals surface area contributed by atoms with E-state index in [4.69, 9.17) is 0 Å². The maximum Gasteiger partial charge on any atom is 0.233 e. The number of aromatic nitrogens is 4. The molecular weight excluding hydrogens is 366 g/mol. The molecule has 1 amide bonds. The third-order valence-electron chi connectivity index (χ3n) is 4.34. The van der Waals surface area contributed by atoms with Crippen LogP contribution in [-0.2, 0) is 11.3 Å². The molecule has 136 valence electrons. The van der Waals surface area contributed by atoms with Crippen molar-refractivity contribution in [2.75, 3.05) is 12.8 Å². The molecule has 0 aliphatic carbocycles. The zero-order chi connectivity index (χ0) is 18.7. The van der Waals surface area contributed by atoms with Gasteiger partial charge in [-0.1, -0.05) is 23.9 Å². The molecule has 0 atom stereocenters. The second-order valence-corrected chi connectivity index (χ2v) is 8.10. The van der Waals surface area contributed by atoms with Crippen LogP contribution in [0.15, 0.2) is 34.8 Å². The Morgan fingerprint density at radius 1 is 1.23 bits per heavy atom. The van der Waals surface area contributed by atoms with Crippen molar-refractivity contribution in [1.29, 1.82) is 0 Å². The molecule has 0 aliphatic heterocycles. The van der Waals surface area contributed by atoms with Crippen LogP contribution in [0.25, 0.3) is 5.69 Å². The summed E-state index contributed by atoms with van der Waals surface area (Å²) in [4.78, 5) is 15.4. The highest BCUT2D eigenvalue weighted by atomic mass is 32.2. The number of thiophene rings is 1. The van der Waals surface area contributed by atoms with E-state index in [0.717, 1.165) is 11.3 Å². The van der Waals surface area contributed by atoms with Crippen molar-refractivity contribution in [3.05, 3.63) is 51.2 Å². The highest BCUT2D eigenvalue weighted by Crippen LogP contribution is 2.23. The maximum atomic E-state index is 12.5. The molecule has 0 unspecified atom stereocenters. The maximum absolute atomic E-state index is 12.5. The molecule has 0 fully saturated rings. The van der Waals surface area contributed by atoms with Crippen LogP contribution in [0.1, 0.15) is 21.6 Å². The minimum atomic E-state index is 0.0540. The first kappa shape index (κ1) is 18.6. The predicted octanol–water partition coefficient (Wildman–Crippen LogP) is 3.40. The lowest BCUT2D eigenvalue weighted by Gasteiger charge is -2.16. The van der Waals surface area contributed by atoms with Crippen molar-refractivity contribution in [2.24, 2.45) is 0 Å². The minimum Gasteiger partial charge on any atom is -0.340 e. The molecule has 0 saturated carbocycles. The first-order valence-corrected chi connectivity index (χ1v) is 10.1. The summed E-state index contributed by atoms with van der Waals surface area (Å²) in [6.45, 7) is 6.80. The van der Waals surface area contributed by atoms with Gasteiger partial charge < -0.3 is 4.90 Å². The molecular formula is C18H21N5OS2. The quantitative estimate of drug-likeness (QED) is 0.607. The van der Waals surface area contributed by atoms with E-state index in [1.807, 2.05) is 26.1 Å². The Labute approximate surface area is 161 Å². The van der Waals surface area contributed by atoms with Gasteiger partial charge in [0.15, 0.2) is 0 Å². The van der Waals surface area contributed by atoms with Gasteiger partial charge in [0.25, 0.3) is 0 Å². The Balaban J connectivity index is 1.67. The molecule has 0 saturated heterocycles. The zero-order valence-corrected chi connectivity index (χ0v) is 16.9. The Morgan fingerprint density at radius 2 is 2.04 bits per heavy atom. The molecule has 1 aromatic carbocycles. The topological polar surface area (TPSA) is 63.9 Å². The fourth-order valence-electron chi connectivity index (χ4n) is 2.49. The molecule has 2 heterocycles. The first-order chi connectivity index (χ1) is 12.5. The number of tetrazole rings is 1. The number of benzene rings is 1. The van der Waals surface area contributed by atoms with Crippen LogP contribution < -0.4 is 0 Å². The summed E-state index contributed by atoms with van der Waals surface area (Å²) >= 11 is 3.03. The summed E-state index contributed by atoms with van der Waals surface area (Å²) in [6, 6.07) is 8.10. The van der Waals surface area contributed by atoms with Crippen molar-refractivity contribution < 1.29 is 4.79 Å². The van der Waals surface area contributed by atoms with Gasteiger partial charge in [0.05, 0.1) is 18.0 Å². The van der Waals surface area contributed by atoms with Crippen LogP contribution >= 0.6 is 23.1 Å². The lowest BCUT2D eigenvalue weighted by molar-refractivity contribution is -0.127. The summed E-state index contributed by atoms with van der Waals surface area (Å²) in [6.07, 6.45) is 0. The molecule has 3 rings (SSSR count). The van der Waals surface area contributed by atoms with Gasteiger partial charge in [0, 0.05) is 11.9 Å². The van der Waals surface area contributed by atoms with Gasteiger partial charge in [-0.15, -0.1) is 16.4 Å². The molecule has 0 spiro atoms. The highest BCUT2D eigenvalue weighted by Gasteiger charge is 2.16. The van der Waals surface area contributed by atoms with Gasteiger partial charge in [-0.05, 0) is 65.4 Å². The van der Waals surface area contributed by atoms with Crippen molar-refractivity contribution in [3.63, 3.8) is 0 Å². The molecule has 0 N–H and O–H groups in total. The van der Waals surface area contributed by atoms with Crippen LogP contribution in [0.3, 0.4) is 0 Å². The Kier molecular flexibility index (Phi) is 5.73. The molecule has 2 aromatic heterocycles. The molecule has 0 bridgehead atoms. The first-order valence-electron chi connectivity index (χ1n) is 8.22. The predicted molar refractivity (Wildman–Crippen MR) is 105 cm³/mol. The molecule has 0 aliphatic rings. The summed E-state index contributed by atoms with van der Waals surface area (Å²) in [5, 5.41) is 14.6. The lowest BCUT2D eigenvalue weighted by atomic mass is 10.1. The van der Waals surface area contributed by atoms with E-state index in [1.165, 1.54) is 27.8 Å². The number of rotatable bonds is 6. The smallest absolute Gasteiger partial charge is 0.233 e. The third-order valence-corrected chi connectivity index (χ3v) is 6.26. The average Bonchev–Trinajstić information content (AvgIpc) is 3.24. The van der Waals surface area contributed by atoms with Crippen molar-refractivity contribution >= 4 is 29.0 Å². The van der Waals surface area contributed by atoms with E-state index in [1.54, 1.807) is 20.9 Å². The van der Waals surface area contributed by atoms with Crippen LogP contribution in [0.5, 0.6) is 0 Å². The molecule has 26 heavy (non-hydrogen) atoms. The van der Waals surface area contributed by atoms with E-state index >= 15 is 0 Å². The van der Waals surface area contributed by atoms with Crippen LogP contribution in [0.4, 0.5) is 0 Å². The van der Waals surface area contributed by atoms with Gasteiger partial charge in [-0.3, -0.25) is 4.79 Å². The number of nitrogens with zero attached hydrogens (tertiary/aromatic N) is 5. The fraction of sp³-hybridized carbons (Fsp3) is 0.333. The van der Waals surface area contributed by atoms with Crippen molar-refractivity contribution in [3.8, 4) is 5.69 Å². The van der Waals surface area contributed by atoms with Gasteiger partial charge in [-0.2, -0.15) is 4.68 Å². The van der Waals surface area contributed by atoms with E-state index in [0.29, 0.717) is 17.5 Å². The van der Waals surface area contributed by atoms with Gasteiger partial charge in [-0.25, -0.2) is 0 Å². The molecule has 8 heteroatoms. The van der Waals surface area contributed by atoms with Crippen molar-refractivity contribution in [2.45, 2.75) is 32.5 Å². The van der Waals surface area contributed by atoms with Crippen molar-refractivity contribution in [1.82, 2.24) is 25.1 Å². The zero-order valence-electron chi connectivity index (χ0n) is 15.3. The van der Waals surface area contributed by atoms with Gasteiger partial charge in [0.2, 0.25) is 11.1 Å². The van der Waals surface area contributed by atoms with Crippen LogP contribution in [0.2, 0.25) is 0 Å². The van der Waals surface area contributed by atoms with Crippen LogP contribution in [-0.4, -0.2) is 43.8 Å². The Hall–Kier alpha value is -2.19. The molecule has 6 nitrogen and oxygen atoms in total. The summed E-state index contributed by atoms with van der Waals surface area (Å²) in [5.41, 5.74) is 4.46. The number of aryl methyl sites for hydroxylation is 2. The van der Waals surface area contributed by atoms with Gasteiger partial charge >= 0.3 is 0 Å². The normalized spacial score (nSPS) is 10.9. The van der Waals surface area contributed by atoms with E-state index in [-0.39, 0.29) is 5.91 Å². The Morgan fingerprint density at radius 3 is 2.77 bits per heavy atom. The number of hydrogen-bond acceptors (Lipinski definition) is 6. The number of amides is 1. The van der Waals surface area contributed by atoms with E-state index < -0.39 is 0 Å². The highest BCUT2D eigenvalue weighted by molar-refractivity contribution is 7.99. The summed E-state index contributed by atoms with van der Waals surface area (Å²) in [5.74, 6) is 0.352. The fourth-order valence-corrected chi connectivity index (χ4v) is 4.27.